The predicted octanol–water partition coefficient (Wildman–Crippen LogP) is -1.66. The van der Waals surface area contributed by atoms with Crippen molar-refractivity contribution in [2.45, 2.75) is 0 Å². The molecule has 0 rings (SSSR count). The first-order valence-electron chi connectivity index (χ1n) is 2.07. The van der Waals surface area contributed by atoms with Crippen molar-refractivity contribution in [3.8, 4) is 0 Å². The molecule has 11 heavy (non-hydrogen) atoms. The zero-order valence-corrected chi connectivity index (χ0v) is 7.52. The summed E-state index contributed by atoms with van der Waals surface area (Å²) in [5.41, 5.74) is 0. The minimum absolute atomic E-state index is 0.715. The van der Waals surface area contributed by atoms with Gasteiger partial charge in [0.15, 0.2) is 0 Å². The summed E-state index contributed by atoms with van der Waals surface area (Å²) in [5, 5.41) is 4.28. The van der Waals surface area contributed by atoms with Crippen LogP contribution in [-0.2, 0) is 24.6 Å². The van der Waals surface area contributed by atoms with Crippen LogP contribution in [0.15, 0.2) is 0 Å². The molecular weight excluding hydrogens is 198 g/mol. The normalized spacial score (nSPS) is 11.6. The summed E-state index contributed by atoms with van der Waals surface area (Å²) >= 11 is 0. The molecule has 0 radical (unpaired) electrons. The second-order valence-electron chi connectivity index (χ2n) is 1.39. The molecule has 0 fully saturated rings. The fourth-order valence-corrected chi connectivity index (χ4v) is 0. The molecule has 0 saturated heterocycles. The van der Waals surface area contributed by atoms with Crippen molar-refractivity contribution in [1.82, 2.24) is 0 Å². The van der Waals surface area contributed by atoms with Crippen molar-refractivity contribution in [2.24, 2.45) is 5.14 Å². The molecular formula is C2H9NO6S2. The van der Waals surface area contributed by atoms with Gasteiger partial charge in [-0.25, -0.2) is 5.14 Å². The highest BCUT2D eigenvalue weighted by molar-refractivity contribution is 7.85. The Morgan fingerprint density at radius 3 is 1.36 bits per heavy atom. The minimum atomic E-state index is -3.67. The van der Waals surface area contributed by atoms with Crippen molar-refractivity contribution >= 4 is 20.4 Å². The molecule has 0 aromatic heterocycles. The molecule has 0 aliphatic carbocycles. The highest BCUT2D eigenvalue weighted by Crippen LogP contribution is 1.68. The minimum Gasteiger partial charge on any atom is -0.286 e. The maximum absolute atomic E-state index is 9.56. The first-order valence-corrected chi connectivity index (χ1v) is 5.39. The van der Waals surface area contributed by atoms with E-state index in [-0.39, 0.29) is 0 Å². The molecule has 9 heteroatoms. The van der Waals surface area contributed by atoms with Gasteiger partial charge in [0.1, 0.15) is 0 Å². The average Bonchev–Trinajstić information content (AvgIpc) is 1.59. The molecule has 0 aliphatic rings. The Morgan fingerprint density at radius 2 is 1.36 bits per heavy atom. The molecule has 0 atom stereocenters. The molecule has 7 nitrogen and oxygen atoms in total. The topological polar surface area (TPSA) is 124 Å². The lowest BCUT2D eigenvalue weighted by Crippen LogP contribution is -2.12. The van der Waals surface area contributed by atoms with Crippen molar-refractivity contribution in [2.75, 3.05) is 13.4 Å². The van der Waals surface area contributed by atoms with Gasteiger partial charge in [0, 0.05) is 0 Å². The number of nitrogens with two attached hydrogens (primary N) is 1. The van der Waals surface area contributed by atoms with Crippen LogP contribution in [0.2, 0.25) is 0 Å². The molecule has 0 amide bonds. The van der Waals surface area contributed by atoms with E-state index in [2.05, 4.69) is 9.32 Å². The Balaban J connectivity index is 0. The van der Waals surface area contributed by atoms with E-state index in [9.17, 15) is 16.8 Å². The van der Waals surface area contributed by atoms with Crippen LogP contribution >= 0.6 is 0 Å². The van der Waals surface area contributed by atoms with E-state index in [0.717, 1.165) is 7.11 Å². The molecule has 0 saturated carbocycles. The maximum atomic E-state index is 9.56. The third kappa shape index (κ3) is 76.6. The standard InChI is InChI=1S/CH5NO3S.CH4O3S/c1-5-6(2,3)4;1-5(2,3)4/h1H3,(H2,2,3,4);1H3,(H,2,3,4). The van der Waals surface area contributed by atoms with E-state index in [1.165, 1.54) is 0 Å². The van der Waals surface area contributed by atoms with Gasteiger partial charge in [0.25, 0.3) is 10.1 Å². The van der Waals surface area contributed by atoms with Crippen LogP contribution in [0, 0.1) is 0 Å². The second-order valence-corrected chi connectivity index (χ2v) is 4.18. The Kier molecular flexibility index (Phi) is 5.61. The highest BCUT2D eigenvalue weighted by Gasteiger charge is 1.90. The van der Waals surface area contributed by atoms with Crippen molar-refractivity contribution in [3.63, 3.8) is 0 Å². The average molecular weight is 207 g/mol. The van der Waals surface area contributed by atoms with Crippen LogP contribution in [-0.4, -0.2) is 34.8 Å². The number of hydrogen-bond donors (Lipinski definition) is 2. The fourth-order valence-electron chi connectivity index (χ4n) is 0. The number of hydrogen-bond acceptors (Lipinski definition) is 5. The lowest BCUT2D eigenvalue weighted by atomic mass is 11.8. The molecule has 0 aromatic carbocycles. The van der Waals surface area contributed by atoms with Gasteiger partial charge in [0.05, 0.1) is 13.4 Å². The molecule has 0 bridgehead atoms. The first-order chi connectivity index (χ1) is 4.56. The molecule has 0 heterocycles. The lowest BCUT2D eigenvalue weighted by molar-refractivity contribution is 0.399. The van der Waals surface area contributed by atoms with Gasteiger partial charge in [-0.2, -0.15) is 16.8 Å². The van der Waals surface area contributed by atoms with E-state index in [0.29, 0.717) is 6.26 Å². The monoisotopic (exact) mass is 207 g/mol. The van der Waals surface area contributed by atoms with E-state index < -0.39 is 20.4 Å². The zero-order valence-electron chi connectivity index (χ0n) is 5.88. The third-order valence-corrected chi connectivity index (χ3v) is 0.697. The van der Waals surface area contributed by atoms with Crippen LogP contribution < -0.4 is 5.14 Å². The lowest BCUT2D eigenvalue weighted by Gasteiger charge is -1.84. The summed E-state index contributed by atoms with van der Waals surface area (Å²) in [6, 6.07) is 0. The van der Waals surface area contributed by atoms with E-state index >= 15 is 0 Å². The number of rotatable bonds is 1. The smallest absolute Gasteiger partial charge is 0.286 e. The third-order valence-electron chi connectivity index (χ3n) is 0.232. The van der Waals surface area contributed by atoms with Crippen LogP contribution in [0.1, 0.15) is 0 Å². The first kappa shape index (κ1) is 13.4. The summed E-state index contributed by atoms with van der Waals surface area (Å²) in [6.07, 6.45) is 0.715. The van der Waals surface area contributed by atoms with Gasteiger partial charge in [0.2, 0.25) is 0 Å². The Hall–Kier alpha value is -0.220. The van der Waals surface area contributed by atoms with Gasteiger partial charge in [-0.1, -0.05) is 0 Å². The summed E-state index contributed by atoms with van der Waals surface area (Å²) in [5.74, 6) is 0. The SMILES string of the molecule is COS(N)(=O)=O.CS(=O)(=O)O. The van der Waals surface area contributed by atoms with E-state index in [4.69, 9.17) is 4.55 Å². The van der Waals surface area contributed by atoms with Crippen LogP contribution in [0.25, 0.3) is 0 Å². The highest BCUT2D eigenvalue weighted by atomic mass is 32.2. The summed E-state index contributed by atoms with van der Waals surface area (Å²) in [6.45, 7) is 0. The second kappa shape index (κ2) is 4.62. The fraction of sp³-hybridized carbons (Fsp3) is 1.00. The van der Waals surface area contributed by atoms with Crippen LogP contribution in [0.4, 0.5) is 0 Å². The molecule has 70 valence electrons. The summed E-state index contributed by atoms with van der Waals surface area (Å²) in [7, 11) is -6.33. The molecule has 0 spiro atoms. The molecule has 3 N–H and O–H groups in total. The quantitative estimate of drug-likeness (QED) is 0.496. The van der Waals surface area contributed by atoms with Crippen molar-refractivity contribution < 1.29 is 25.6 Å². The Bertz CT molecular complexity index is 266. The van der Waals surface area contributed by atoms with Gasteiger partial charge in [-0.3, -0.25) is 8.74 Å². The summed E-state index contributed by atoms with van der Waals surface area (Å²) in [4.78, 5) is 0. The van der Waals surface area contributed by atoms with E-state index in [1.54, 1.807) is 0 Å². The molecule has 0 aromatic rings. The van der Waals surface area contributed by atoms with Crippen LogP contribution in [0.3, 0.4) is 0 Å². The van der Waals surface area contributed by atoms with Gasteiger partial charge in [-0.05, 0) is 0 Å². The van der Waals surface area contributed by atoms with Crippen molar-refractivity contribution in [3.05, 3.63) is 0 Å². The maximum Gasteiger partial charge on any atom is 0.333 e. The van der Waals surface area contributed by atoms with Gasteiger partial charge >= 0.3 is 10.3 Å². The predicted molar refractivity (Wildman–Crippen MR) is 37.6 cm³/mol. The molecule has 0 aliphatic heterocycles. The van der Waals surface area contributed by atoms with Crippen LogP contribution in [0.5, 0.6) is 0 Å². The van der Waals surface area contributed by atoms with E-state index in [1.807, 2.05) is 0 Å². The molecule has 0 unspecified atom stereocenters. The van der Waals surface area contributed by atoms with Crippen molar-refractivity contribution in [1.29, 1.82) is 0 Å². The van der Waals surface area contributed by atoms with Gasteiger partial charge < -0.3 is 0 Å². The zero-order chi connectivity index (χ0) is 9.71. The summed E-state index contributed by atoms with van der Waals surface area (Å²) < 4.78 is 48.7. The Morgan fingerprint density at radius 1 is 1.27 bits per heavy atom. The Labute approximate surface area is 65.2 Å². The van der Waals surface area contributed by atoms with Gasteiger partial charge in [-0.15, -0.1) is 0 Å². The largest absolute Gasteiger partial charge is 0.333 e.